The summed E-state index contributed by atoms with van der Waals surface area (Å²) in [6.07, 6.45) is -4.23. The van der Waals surface area contributed by atoms with E-state index in [9.17, 15) is 36.2 Å². The number of rotatable bonds is 9. The summed E-state index contributed by atoms with van der Waals surface area (Å²) in [6.45, 7) is 0.0851. The molecule has 3 aromatic carbocycles. The average molecular weight is 676 g/mol. The van der Waals surface area contributed by atoms with Crippen LogP contribution in [0, 0.1) is 5.92 Å². The zero-order valence-corrected chi connectivity index (χ0v) is 25.4. The van der Waals surface area contributed by atoms with E-state index in [4.69, 9.17) is 14.1 Å². The molecule has 5 aromatic rings. The number of halogens is 6. The summed E-state index contributed by atoms with van der Waals surface area (Å²) >= 11 is 1.38. The molecule has 1 N–H and O–H groups in total. The summed E-state index contributed by atoms with van der Waals surface area (Å²) < 4.78 is 91.2. The molecule has 7 nitrogen and oxygen atoms in total. The molecule has 2 aromatic heterocycles. The molecule has 1 saturated carbocycles. The van der Waals surface area contributed by atoms with Gasteiger partial charge in [0.05, 0.1) is 16.7 Å². The van der Waals surface area contributed by atoms with Crippen LogP contribution in [0.25, 0.3) is 22.7 Å². The number of carboxylic acids is 1. The van der Waals surface area contributed by atoms with E-state index < -0.39 is 41.6 Å². The Balaban J connectivity index is 1.22. The number of nitrogens with zero attached hydrogens (tertiary/aromatic N) is 3. The summed E-state index contributed by atoms with van der Waals surface area (Å²) in [4.78, 5) is 22.7. The quantitative estimate of drug-likeness (QED) is 0.156. The molecular weight excluding hydrogens is 648 g/mol. The van der Waals surface area contributed by atoms with Gasteiger partial charge in [0, 0.05) is 29.2 Å². The van der Waals surface area contributed by atoms with Crippen LogP contribution in [-0.4, -0.2) is 27.6 Å². The first-order valence-electron chi connectivity index (χ1n) is 14.7. The highest BCUT2D eigenvalue weighted by Gasteiger charge is 2.38. The maximum absolute atomic E-state index is 13.5. The van der Waals surface area contributed by atoms with Crippen LogP contribution in [0.3, 0.4) is 0 Å². The van der Waals surface area contributed by atoms with Crippen LogP contribution in [0.15, 0.2) is 70.5 Å². The van der Waals surface area contributed by atoms with Crippen LogP contribution >= 0.6 is 11.3 Å². The van der Waals surface area contributed by atoms with Crippen molar-refractivity contribution in [3.8, 4) is 17.3 Å². The Morgan fingerprint density at radius 2 is 1.68 bits per heavy atom. The van der Waals surface area contributed by atoms with Crippen molar-refractivity contribution >= 4 is 39.2 Å². The normalized spacial score (nSPS) is 14.4. The minimum absolute atomic E-state index is 0.0775. The van der Waals surface area contributed by atoms with E-state index in [-0.39, 0.29) is 28.9 Å². The molecule has 0 radical (unpaired) electrons. The number of alkyl halides is 6. The Morgan fingerprint density at radius 1 is 0.936 bits per heavy atom. The van der Waals surface area contributed by atoms with Gasteiger partial charge in [-0.2, -0.15) is 26.3 Å². The second-order valence-electron chi connectivity index (χ2n) is 11.3. The van der Waals surface area contributed by atoms with Crippen LogP contribution in [0.2, 0.25) is 0 Å². The molecule has 6 rings (SSSR count). The Hall–Kier alpha value is -4.59. The number of hydrogen-bond donors (Lipinski definition) is 1. The van der Waals surface area contributed by atoms with Crippen molar-refractivity contribution in [2.75, 3.05) is 11.4 Å². The Labute approximate surface area is 268 Å². The van der Waals surface area contributed by atoms with Crippen molar-refractivity contribution in [1.29, 1.82) is 0 Å². The topological polar surface area (TPSA) is 88.7 Å². The molecule has 1 aliphatic rings. The first kappa shape index (κ1) is 32.4. The number of carboxylic acid groups (broad SMARTS) is 1. The Kier molecular flexibility index (Phi) is 8.88. The number of aromatic nitrogens is 2. The molecule has 0 aliphatic heterocycles. The zero-order chi connectivity index (χ0) is 33.3. The van der Waals surface area contributed by atoms with E-state index >= 15 is 0 Å². The number of thiazole rings is 1. The largest absolute Gasteiger partial charge is 0.489 e. The minimum Gasteiger partial charge on any atom is -0.489 e. The molecule has 0 spiro atoms. The fourth-order valence-corrected chi connectivity index (χ4v) is 6.43. The van der Waals surface area contributed by atoms with Gasteiger partial charge in [0.2, 0.25) is 5.89 Å². The second-order valence-corrected chi connectivity index (χ2v) is 12.1. The highest BCUT2D eigenvalue weighted by molar-refractivity contribution is 7.14. The first-order valence-corrected chi connectivity index (χ1v) is 15.6. The summed E-state index contributed by atoms with van der Waals surface area (Å²) in [7, 11) is 0. The fraction of sp³-hybridized carbons (Fsp3) is 0.303. The minimum atomic E-state index is -5.01. The number of hydrogen-bond acceptors (Lipinski definition) is 7. The second kappa shape index (κ2) is 12.9. The van der Waals surface area contributed by atoms with Gasteiger partial charge >= 0.3 is 18.3 Å². The van der Waals surface area contributed by atoms with Gasteiger partial charge in [-0.1, -0.05) is 25.3 Å². The standard InChI is InChI=1S/C33H27F6N3O4S/c34-32(35,36)22-9-6-21(25(14-22)33(37,38)39)17-45-24-12-13-26-28(15-24)46-29(40-26)27-18-47-31(41-27)42(16-19-4-2-1-3-5-19)23-10-7-20(8-11-23)30(43)44/h6-15,18-19H,1-5,16-17H2,(H,43,44). The van der Waals surface area contributed by atoms with Crippen molar-refractivity contribution < 1.29 is 45.4 Å². The zero-order valence-electron chi connectivity index (χ0n) is 24.6. The lowest BCUT2D eigenvalue weighted by molar-refractivity contribution is -0.143. The van der Waals surface area contributed by atoms with Crippen molar-refractivity contribution in [2.45, 2.75) is 51.1 Å². The van der Waals surface area contributed by atoms with Crippen molar-refractivity contribution in [3.05, 3.63) is 88.3 Å². The third-order valence-corrected chi connectivity index (χ3v) is 8.89. The molecule has 1 aliphatic carbocycles. The first-order chi connectivity index (χ1) is 22.3. The maximum atomic E-state index is 13.5. The lowest BCUT2D eigenvalue weighted by atomic mass is 9.89. The van der Waals surface area contributed by atoms with Crippen LogP contribution in [0.1, 0.15) is 59.2 Å². The highest BCUT2D eigenvalue weighted by Crippen LogP contribution is 2.39. The van der Waals surface area contributed by atoms with Gasteiger partial charge in [0.15, 0.2) is 10.7 Å². The van der Waals surface area contributed by atoms with Crippen molar-refractivity contribution in [2.24, 2.45) is 5.92 Å². The van der Waals surface area contributed by atoms with Crippen LogP contribution in [-0.2, 0) is 19.0 Å². The van der Waals surface area contributed by atoms with Gasteiger partial charge in [-0.05, 0) is 67.3 Å². The van der Waals surface area contributed by atoms with Crippen molar-refractivity contribution in [3.63, 3.8) is 0 Å². The molecule has 0 amide bonds. The van der Waals surface area contributed by atoms with Crippen molar-refractivity contribution in [1.82, 2.24) is 9.97 Å². The number of carbonyl (C=O) groups is 1. The maximum Gasteiger partial charge on any atom is 0.416 e. The summed E-state index contributed by atoms with van der Waals surface area (Å²) in [5.74, 6) is -0.217. The van der Waals surface area contributed by atoms with Gasteiger partial charge in [-0.3, -0.25) is 0 Å². The van der Waals surface area contributed by atoms with Gasteiger partial charge in [-0.15, -0.1) is 11.3 Å². The van der Waals surface area contributed by atoms with Gasteiger partial charge in [-0.25, -0.2) is 14.8 Å². The van der Waals surface area contributed by atoms with E-state index in [1.54, 1.807) is 35.7 Å². The van der Waals surface area contributed by atoms with Gasteiger partial charge in [0.1, 0.15) is 23.6 Å². The predicted molar refractivity (Wildman–Crippen MR) is 163 cm³/mol. The average Bonchev–Trinajstić information content (AvgIpc) is 3.70. The number of anilines is 2. The lowest BCUT2D eigenvalue weighted by Crippen LogP contribution is -2.26. The third kappa shape index (κ3) is 7.37. The highest BCUT2D eigenvalue weighted by atomic mass is 32.1. The van der Waals surface area contributed by atoms with E-state index in [2.05, 4.69) is 9.88 Å². The van der Waals surface area contributed by atoms with Crippen LogP contribution in [0.4, 0.5) is 37.2 Å². The van der Waals surface area contributed by atoms with Gasteiger partial charge < -0.3 is 19.2 Å². The SMILES string of the molecule is O=C(O)c1ccc(N(CC2CCCCC2)c2nc(-c3nc4ccc(OCc5ccc(C(F)(F)F)cc5C(F)(F)F)cc4o3)cs2)cc1. The molecular formula is C33H27F6N3O4S. The molecule has 0 unspecified atom stereocenters. The number of fused-ring (bicyclic) bond motifs is 1. The number of aromatic carboxylic acids is 1. The Bertz CT molecular complexity index is 1880. The van der Waals surface area contributed by atoms with E-state index in [1.807, 2.05) is 0 Å². The molecule has 2 heterocycles. The monoisotopic (exact) mass is 675 g/mol. The molecule has 14 heteroatoms. The summed E-state index contributed by atoms with van der Waals surface area (Å²) in [6, 6.07) is 12.5. The number of benzene rings is 3. The molecule has 0 bridgehead atoms. The van der Waals surface area contributed by atoms with Crippen LogP contribution < -0.4 is 9.64 Å². The number of oxazole rings is 1. The van der Waals surface area contributed by atoms with Gasteiger partial charge in [0.25, 0.3) is 0 Å². The summed E-state index contributed by atoms with van der Waals surface area (Å²) in [5.41, 5.74) is -1.11. The van der Waals surface area contributed by atoms with E-state index in [0.29, 0.717) is 34.9 Å². The third-order valence-electron chi connectivity index (χ3n) is 8.03. The predicted octanol–water partition coefficient (Wildman–Crippen LogP) is 9.98. The molecule has 47 heavy (non-hydrogen) atoms. The van der Waals surface area contributed by atoms with E-state index in [1.165, 1.54) is 29.9 Å². The van der Waals surface area contributed by atoms with E-state index in [0.717, 1.165) is 37.4 Å². The Morgan fingerprint density at radius 3 is 2.36 bits per heavy atom. The molecule has 0 atom stereocenters. The fourth-order valence-electron chi connectivity index (χ4n) is 5.60. The molecule has 0 saturated heterocycles. The number of ether oxygens (including phenoxy) is 1. The lowest BCUT2D eigenvalue weighted by Gasteiger charge is -2.29. The smallest absolute Gasteiger partial charge is 0.416 e. The molecule has 1 fully saturated rings. The van der Waals surface area contributed by atoms with Crippen LogP contribution in [0.5, 0.6) is 5.75 Å². The molecule has 246 valence electrons. The summed E-state index contributed by atoms with van der Waals surface area (Å²) in [5, 5.41) is 11.8.